The van der Waals surface area contributed by atoms with E-state index >= 15 is 0 Å². The van der Waals surface area contributed by atoms with Crippen molar-refractivity contribution >= 4 is 5.91 Å². The maximum absolute atomic E-state index is 12.8. The van der Waals surface area contributed by atoms with Crippen LogP contribution in [0.4, 0.5) is 0 Å². The number of carbonyl (C=O) groups is 1. The maximum atomic E-state index is 12.8. The van der Waals surface area contributed by atoms with Crippen molar-refractivity contribution in [2.24, 2.45) is 0 Å². The Morgan fingerprint density at radius 2 is 2.48 bits per heavy atom. The van der Waals surface area contributed by atoms with Crippen LogP contribution in [0, 0.1) is 0 Å². The third kappa shape index (κ3) is 2.67. The van der Waals surface area contributed by atoms with Crippen molar-refractivity contribution < 1.29 is 9.21 Å². The maximum Gasteiger partial charge on any atom is 0.276 e. The second-order valence-corrected chi connectivity index (χ2v) is 4.98. The molecule has 1 saturated heterocycles. The van der Waals surface area contributed by atoms with Gasteiger partial charge in [0.15, 0.2) is 12.1 Å². The van der Waals surface area contributed by atoms with Crippen LogP contribution < -0.4 is 5.32 Å². The van der Waals surface area contributed by atoms with E-state index in [1.807, 2.05) is 30.2 Å². The van der Waals surface area contributed by atoms with Crippen LogP contribution in [0.1, 0.15) is 34.8 Å². The van der Waals surface area contributed by atoms with Crippen molar-refractivity contribution in [3.63, 3.8) is 0 Å². The van der Waals surface area contributed by atoms with Crippen molar-refractivity contribution in [2.45, 2.75) is 19.4 Å². The Morgan fingerprint density at radius 3 is 3.24 bits per heavy atom. The standard InChI is InChI=1S/C15H18N4O2/c1-2-13-14(18-10-21-13)15(20)19-7-6-17-9-12(19)11-4-3-5-16-8-11/h3-5,8,10,12,17H,2,6-7,9H2,1H3. The number of oxazole rings is 1. The summed E-state index contributed by atoms with van der Waals surface area (Å²) >= 11 is 0. The highest BCUT2D eigenvalue weighted by atomic mass is 16.3. The molecule has 110 valence electrons. The molecule has 6 nitrogen and oxygen atoms in total. The summed E-state index contributed by atoms with van der Waals surface area (Å²) in [5, 5.41) is 3.33. The Morgan fingerprint density at radius 1 is 1.57 bits per heavy atom. The number of rotatable bonds is 3. The van der Waals surface area contributed by atoms with E-state index in [1.165, 1.54) is 6.39 Å². The largest absolute Gasteiger partial charge is 0.448 e. The Labute approximate surface area is 123 Å². The predicted molar refractivity (Wildman–Crippen MR) is 76.8 cm³/mol. The fourth-order valence-electron chi connectivity index (χ4n) is 2.65. The molecule has 21 heavy (non-hydrogen) atoms. The summed E-state index contributed by atoms with van der Waals surface area (Å²) in [6.45, 7) is 4.10. The van der Waals surface area contributed by atoms with Gasteiger partial charge in [-0.2, -0.15) is 0 Å². The lowest BCUT2D eigenvalue weighted by Crippen LogP contribution is -2.49. The zero-order valence-corrected chi connectivity index (χ0v) is 12.0. The molecule has 0 radical (unpaired) electrons. The summed E-state index contributed by atoms with van der Waals surface area (Å²) in [6, 6.07) is 3.86. The highest BCUT2D eigenvalue weighted by Crippen LogP contribution is 2.24. The van der Waals surface area contributed by atoms with Gasteiger partial charge in [-0.1, -0.05) is 13.0 Å². The van der Waals surface area contributed by atoms with Crippen molar-refractivity contribution in [3.05, 3.63) is 47.9 Å². The van der Waals surface area contributed by atoms with E-state index in [1.54, 1.807) is 6.20 Å². The molecule has 1 fully saturated rings. The molecule has 6 heteroatoms. The lowest BCUT2D eigenvalue weighted by Gasteiger charge is -2.36. The number of aryl methyl sites for hydroxylation is 1. The van der Waals surface area contributed by atoms with Gasteiger partial charge < -0.3 is 14.6 Å². The van der Waals surface area contributed by atoms with Gasteiger partial charge in [0.25, 0.3) is 5.91 Å². The van der Waals surface area contributed by atoms with E-state index in [4.69, 9.17) is 4.42 Å². The molecule has 1 N–H and O–H groups in total. The van der Waals surface area contributed by atoms with Crippen molar-refractivity contribution in [2.75, 3.05) is 19.6 Å². The number of nitrogens with zero attached hydrogens (tertiary/aromatic N) is 3. The number of nitrogens with one attached hydrogen (secondary N) is 1. The molecule has 0 bridgehead atoms. The molecule has 2 aromatic heterocycles. The van der Waals surface area contributed by atoms with Crippen LogP contribution in [0.2, 0.25) is 0 Å². The Kier molecular flexibility index (Phi) is 3.96. The first kappa shape index (κ1) is 13.8. The van der Waals surface area contributed by atoms with E-state index in [9.17, 15) is 4.79 Å². The van der Waals surface area contributed by atoms with Crippen molar-refractivity contribution in [3.8, 4) is 0 Å². The molecule has 1 aliphatic rings. The summed E-state index contributed by atoms with van der Waals surface area (Å²) in [5.74, 6) is 0.569. The molecular weight excluding hydrogens is 268 g/mol. The van der Waals surface area contributed by atoms with E-state index in [0.717, 1.165) is 18.7 Å². The van der Waals surface area contributed by atoms with Crippen LogP contribution in [0.15, 0.2) is 35.3 Å². The molecule has 1 amide bonds. The zero-order chi connectivity index (χ0) is 14.7. The minimum atomic E-state index is -0.0732. The zero-order valence-electron chi connectivity index (χ0n) is 12.0. The highest BCUT2D eigenvalue weighted by Gasteiger charge is 2.31. The van der Waals surface area contributed by atoms with Crippen LogP contribution >= 0.6 is 0 Å². The van der Waals surface area contributed by atoms with Crippen molar-refractivity contribution in [1.82, 2.24) is 20.2 Å². The molecule has 0 spiro atoms. The summed E-state index contributed by atoms with van der Waals surface area (Å²) < 4.78 is 5.28. The molecular formula is C15H18N4O2. The second-order valence-electron chi connectivity index (χ2n) is 4.98. The van der Waals surface area contributed by atoms with Gasteiger partial charge >= 0.3 is 0 Å². The normalized spacial score (nSPS) is 18.7. The highest BCUT2D eigenvalue weighted by molar-refractivity contribution is 5.93. The number of hydrogen-bond acceptors (Lipinski definition) is 5. The molecule has 0 saturated carbocycles. The summed E-state index contributed by atoms with van der Waals surface area (Å²) in [7, 11) is 0. The first-order valence-electron chi connectivity index (χ1n) is 7.15. The van der Waals surface area contributed by atoms with Crippen LogP contribution in [-0.2, 0) is 6.42 Å². The number of piperazine rings is 1. The van der Waals surface area contributed by atoms with Gasteiger partial charge in [0.05, 0.1) is 6.04 Å². The lowest BCUT2D eigenvalue weighted by molar-refractivity contribution is 0.0626. The SMILES string of the molecule is CCc1ocnc1C(=O)N1CCNCC1c1cccnc1. The number of hydrogen-bond donors (Lipinski definition) is 1. The van der Waals surface area contributed by atoms with E-state index in [2.05, 4.69) is 15.3 Å². The average Bonchev–Trinajstić information content (AvgIpc) is 3.03. The fourth-order valence-corrected chi connectivity index (χ4v) is 2.65. The minimum absolute atomic E-state index is 0.0265. The number of carbonyl (C=O) groups excluding carboxylic acids is 1. The molecule has 1 aliphatic heterocycles. The molecule has 3 heterocycles. The first-order valence-corrected chi connectivity index (χ1v) is 7.15. The van der Waals surface area contributed by atoms with E-state index in [0.29, 0.717) is 24.4 Å². The van der Waals surface area contributed by atoms with Gasteiger partial charge in [-0.15, -0.1) is 0 Å². The topological polar surface area (TPSA) is 71.3 Å². The Balaban J connectivity index is 1.89. The van der Waals surface area contributed by atoms with Crippen LogP contribution in [0.5, 0.6) is 0 Å². The van der Waals surface area contributed by atoms with Crippen LogP contribution in [-0.4, -0.2) is 40.4 Å². The summed E-state index contributed by atoms with van der Waals surface area (Å²) in [6.07, 6.45) is 5.54. The smallest absolute Gasteiger partial charge is 0.276 e. The second kappa shape index (κ2) is 6.05. The Hall–Kier alpha value is -2.21. The van der Waals surface area contributed by atoms with Crippen LogP contribution in [0.25, 0.3) is 0 Å². The molecule has 0 aliphatic carbocycles. The first-order chi connectivity index (χ1) is 10.3. The molecule has 3 rings (SSSR count). The van der Waals surface area contributed by atoms with Crippen molar-refractivity contribution in [1.29, 1.82) is 0 Å². The fraction of sp³-hybridized carbons (Fsp3) is 0.400. The average molecular weight is 286 g/mol. The van der Waals surface area contributed by atoms with Gasteiger partial charge in [-0.3, -0.25) is 9.78 Å². The van der Waals surface area contributed by atoms with Gasteiger partial charge in [-0.25, -0.2) is 4.98 Å². The lowest BCUT2D eigenvalue weighted by atomic mass is 10.0. The molecule has 1 unspecified atom stereocenters. The number of pyridine rings is 1. The van der Waals surface area contributed by atoms with Gasteiger partial charge in [-0.05, 0) is 11.6 Å². The molecule has 0 aromatic carbocycles. The molecule has 2 aromatic rings. The van der Waals surface area contributed by atoms with E-state index in [-0.39, 0.29) is 11.9 Å². The van der Waals surface area contributed by atoms with Gasteiger partial charge in [0.1, 0.15) is 5.76 Å². The minimum Gasteiger partial charge on any atom is -0.448 e. The Bertz CT molecular complexity index is 611. The van der Waals surface area contributed by atoms with E-state index < -0.39 is 0 Å². The van der Waals surface area contributed by atoms with Gasteiger partial charge in [0, 0.05) is 38.4 Å². The monoisotopic (exact) mass is 286 g/mol. The number of aromatic nitrogens is 2. The summed E-state index contributed by atoms with van der Waals surface area (Å²) in [5.41, 5.74) is 1.45. The molecule has 1 atom stereocenters. The predicted octanol–water partition coefficient (Wildman–Crippen LogP) is 1.42. The summed E-state index contributed by atoms with van der Waals surface area (Å²) in [4.78, 5) is 22.9. The van der Waals surface area contributed by atoms with Crippen LogP contribution in [0.3, 0.4) is 0 Å². The third-order valence-electron chi connectivity index (χ3n) is 3.74. The quantitative estimate of drug-likeness (QED) is 0.924. The third-order valence-corrected chi connectivity index (χ3v) is 3.74. The number of amides is 1. The van der Waals surface area contributed by atoms with Gasteiger partial charge in [0.2, 0.25) is 0 Å².